The smallest absolute Gasteiger partial charge is 0.310 e. The fraction of sp³-hybridized carbons (Fsp3) is 0.250. The third-order valence-corrected chi connectivity index (χ3v) is 7.20. The molecule has 36 heavy (non-hydrogen) atoms. The lowest BCUT2D eigenvalue weighted by Crippen LogP contribution is -2.34. The van der Waals surface area contributed by atoms with Gasteiger partial charge in [0.15, 0.2) is 6.61 Å². The van der Waals surface area contributed by atoms with Crippen molar-refractivity contribution in [1.82, 2.24) is 5.01 Å². The number of rotatable bonds is 6. The zero-order chi connectivity index (χ0) is 25.1. The molecule has 0 N–H and O–H groups in total. The summed E-state index contributed by atoms with van der Waals surface area (Å²) in [6.45, 7) is -0.429. The largest absolute Gasteiger partial charge is 0.455 e. The summed E-state index contributed by atoms with van der Waals surface area (Å²) < 4.78 is 32.3. The van der Waals surface area contributed by atoms with Crippen LogP contribution in [0.15, 0.2) is 76.0 Å². The van der Waals surface area contributed by atoms with Gasteiger partial charge >= 0.3 is 5.97 Å². The third kappa shape index (κ3) is 5.28. The minimum atomic E-state index is -0.485. The van der Waals surface area contributed by atoms with Gasteiger partial charge in [-0.2, -0.15) is 16.4 Å². The summed E-state index contributed by atoms with van der Waals surface area (Å²) in [6, 6.07) is 13.7. The number of allylic oxidation sites excluding steroid dienone is 1. The summed E-state index contributed by atoms with van der Waals surface area (Å²) in [6.07, 6.45) is 4.55. The first-order valence-corrected chi connectivity index (χ1v) is 12.7. The van der Waals surface area contributed by atoms with E-state index in [1.165, 1.54) is 40.6 Å². The Hall–Kier alpha value is -3.65. The van der Waals surface area contributed by atoms with E-state index in [-0.39, 0.29) is 24.0 Å². The lowest BCUT2D eigenvalue weighted by molar-refractivity contribution is -0.152. The molecule has 3 aromatic rings. The Balaban J connectivity index is 1.41. The van der Waals surface area contributed by atoms with Gasteiger partial charge in [-0.3, -0.25) is 9.59 Å². The topological polar surface area (TPSA) is 59.0 Å². The van der Waals surface area contributed by atoms with Gasteiger partial charge in [0.1, 0.15) is 11.6 Å². The molecule has 184 valence electrons. The lowest BCUT2D eigenvalue weighted by atomic mass is 9.77. The van der Waals surface area contributed by atoms with Crippen molar-refractivity contribution in [2.24, 2.45) is 11.0 Å². The average molecular weight is 507 g/mol. The van der Waals surface area contributed by atoms with Gasteiger partial charge in [0.2, 0.25) is 0 Å². The highest BCUT2D eigenvalue weighted by Crippen LogP contribution is 2.44. The molecule has 0 spiro atoms. The lowest BCUT2D eigenvalue weighted by Gasteiger charge is -2.29. The van der Waals surface area contributed by atoms with Crippen molar-refractivity contribution in [2.45, 2.75) is 31.7 Å². The summed E-state index contributed by atoms with van der Waals surface area (Å²) in [4.78, 5) is 25.5. The molecular formula is C28H24F2N2O3S. The van der Waals surface area contributed by atoms with Crippen LogP contribution in [-0.2, 0) is 20.7 Å². The standard InChI is InChI=1S/C28H24F2N2O3S/c29-22-8-4-18(5-9-22)14-21-2-1-3-24-27(21)31-32(28(24)20-6-10-23(30)11-7-20)25(33)16-35-26(34)15-19-12-13-36-17-19/h4-14,17,24,28H,1-3,15-16H2/b21-14-/t24-,28-/m0/s1. The molecule has 5 rings (SSSR count). The van der Waals surface area contributed by atoms with Crippen molar-refractivity contribution >= 4 is 35.0 Å². The van der Waals surface area contributed by atoms with Crippen LogP contribution >= 0.6 is 11.3 Å². The quantitative estimate of drug-likeness (QED) is 0.389. The van der Waals surface area contributed by atoms with E-state index in [2.05, 4.69) is 0 Å². The Morgan fingerprint density at radius 2 is 1.78 bits per heavy atom. The highest BCUT2D eigenvalue weighted by molar-refractivity contribution is 7.08. The number of amides is 1. The first kappa shape index (κ1) is 24.1. The van der Waals surface area contributed by atoms with Gasteiger partial charge < -0.3 is 4.74 Å². The van der Waals surface area contributed by atoms with Gasteiger partial charge in [0.05, 0.1) is 18.2 Å². The van der Waals surface area contributed by atoms with E-state index < -0.39 is 24.5 Å². The number of fused-ring (bicyclic) bond motifs is 1. The molecule has 2 aromatic carbocycles. The van der Waals surface area contributed by atoms with Crippen LogP contribution < -0.4 is 0 Å². The highest BCUT2D eigenvalue weighted by atomic mass is 32.1. The second-order valence-electron chi connectivity index (χ2n) is 8.91. The molecule has 1 aliphatic heterocycles. The van der Waals surface area contributed by atoms with Crippen molar-refractivity contribution in [3.8, 4) is 0 Å². The predicted molar refractivity (Wildman–Crippen MR) is 134 cm³/mol. The summed E-state index contributed by atoms with van der Waals surface area (Å²) in [5.74, 6) is -1.68. The van der Waals surface area contributed by atoms with Crippen LogP contribution in [0.1, 0.15) is 42.0 Å². The summed E-state index contributed by atoms with van der Waals surface area (Å²) in [7, 11) is 0. The SMILES string of the molecule is O=C(Cc1ccsc1)OCC(=O)N1N=C2/C(=C\c3ccc(F)cc3)CCC[C@@H]2[C@@H]1c1ccc(F)cc1. The number of hydrazone groups is 1. The first-order valence-electron chi connectivity index (χ1n) is 11.8. The first-order chi connectivity index (χ1) is 17.5. The minimum absolute atomic E-state index is 0.0821. The van der Waals surface area contributed by atoms with Crippen LogP contribution in [0.4, 0.5) is 8.78 Å². The van der Waals surface area contributed by atoms with Crippen molar-refractivity contribution in [3.63, 3.8) is 0 Å². The van der Waals surface area contributed by atoms with E-state index >= 15 is 0 Å². The van der Waals surface area contributed by atoms with Crippen LogP contribution in [0.5, 0.6) is 0 Å². The number of thiophene rings is 1. The second-order valence-corrected chi connectivity index (χ2v) is 9.69. The number of esters is 1. The number of nitrogens with zero attached hydrogens (tertiary/aromatic N) is 2. The van der Waals surface area contributed by atoms with Gasteiger partial charge in [-0.1, -0.05) is 24.3 Å². The highest BCUT2D eigenvalue weighted by Gasteiger charge is 2.43. The maximum absolute atomic E-state index is 13.7. The molecule has 2 heterocycles. The Labute approximate surface area is 211 Å². The van der Waals surface area contributed by atoms with Gasteiger partial charge in [-0.25, -0.2) is 13.8 Å². The fourth-order valence-electron chi connectivity index (χ4n) is 4.78. The van der Waals surface area contributed by atoms with E-state index in [1.807, 2.05) is 22.9 Å². The molecule has 2 aliphatic rings. The molecule has 8 heteroatoms. The molecule has 1 aromatic heterocycles. The van der Waals surface area contributed by atoms with Crippen molar-refractivity contribution in [2.75, 3.05) is 6.61 Å². The van der Waals surface area contributed by atoms with Crippen molar-refractivity contribution in [1.29, 1.82) is 0 Å². The molecule has 0 bridgehead atoms. The molecule has 1 fully saturated rings. The van der Waals surface area contributed by atoms with Crippen LogP contribution in [0.3, 0.4) is 0 Å². The number of benzene rings is 2. The number of ether oxygens (including phenoxy) is 1. The third-order valence-electron chi connectivity index (χ3n) is 6.46. The fourth-order valence-corrected chi connectivity index (χ4v) is 5.45. The van der Waals surface area contributed by atoms with Crippen LogP contribution in [0, 0.1) is 17.6 Å². The second kappa shape index (κ2) is 10.5. The Bertz CT molecular complexity index is 1300. The van der Waals surface area contributed by atoms with Crippen molar-refractivity contribution < 1.29 is 23.1 Å². The summed E-state index contributed by atoms with van der Waals surface area (Å²) >= 11 is 1.49. The zero-order valence-electron chi connectivity index (χ0n) is 19.4. The van der Waals surface area contributed by atoms with Crippen molar-refractivity contribution in [3.05, 3.63) is 99.3 Å². The molecule has 2 atom stereocenters. The van der Waals surface area contributed by atoms with Crippen LogP contribution in [-0.4, -0.2) is 29.2 Å². The Kier molecular flexibility index (Phi) is 7.04. The maximum atomic E-state index is 13.7. The molecule has 1 amide bonds. The predicted octanol–water partition coefficient (Wildman–Crippen LogP) is 5.94. The molecule has 1 aliphatic carbocycles. The van der Waals surface area contributed by atoms with Gasteiger partial charge in [-0.15, -0.1) is 0 Å². The minimum Gasteiger partial charge on any atom is -0.455 e. The number of halogens is 2. The van der Waals surface area contributed by atoms with E-state index in [9.17, 15) is 18.4 Å². The van der Waals surface area contributed by atoms with E-state index in [0.29, 0.717) is 0 Å². The van der Waals surface area contributed by atoms with Gasteiger partial charge in [-0.05, 0) is 88.7 Å². The van der Waals surface area contributed by atoms with E-state index in [1.54, 1.807) is 24.3 Å². The van der Waals surface area contributed by atoms with Crippen LogP contribution in [0.25, 0.3) is 6.08 Å². The maximum Gasteiger partial charge on any atom is 0.310 e. The monoisotopic (exact) mass is 506 g/mol. The molecule has 1 saturated carbocycles. The van der Waals surface area contributed by atoms with Gasteiger partial charge in [0.25, 0.3) is 5.91 Å². The summed E-state index contributed by atoms with van der Waals surface area (Å²) in [5, 5.41) is 9.83. The number of hydrogen-bond acceptors (Lipinski definition) is 5. The molecule has 0 saturated heterocycles. The van der Waals surface area contributed by atoms with E-state index in [4.69, 9.17) is 9.84 Å². The Morgan fingerprint density at radius 3 is 2.47 bits per heavy atom. The van der Waals surface area contributed by atoms with Crippen LogP contribution in [0.2, 0.25) is 0 Å². The molecular weight excluding hydrogens is 482 g/mol. The average Bonchev–Trinajstić information content (AvgIpc) is 3.53. The van der Waals surface area contributed by atoms with Gasteiger partial charge in [0, 0.05) is 5.92 Å². The molecule has 0 radical (unpaired) electrons. The number of hydrogen-bond donors (Lipinski definition) is 0. The summed E-state index contributed by atoms with van der Waals surface area (Å²) in [5.41, 5.74) is 4.22. The zero-order valence-corrected chi connectivity index (χ0v) is 20.2. The molecule has 0 unspecified atom stereocenters. The number of carbonyl (C=O) groups excluding carboxylic acids is 2. The Morgan fingerprint density at radius 1 is 1.06 bits per heavy atom. The van der Waals surface area contributed by atoms with E-state index in [0.717, 1.165) is 47.2 Å². The molecule has 5 nitrogen and oxygen atoms in total. The number of carbonyl (C=O) groups is 2. The normalized spacial score (nSPS) is 20.2.